The zero-order valence-corrected chi connectivity index (χ0v) is 18.1. The number of hydrogen-bond acceptors (Lipinski definition) is 7. The summed E-state index contributed by atoms with van der Waals surface area (Å²) in [5.74, 6) is 0.443. The molecule has 3 heterocycles. The summed E-state index contributed by atoms with van der Waals surface area (Å²) in [6.07, 6.45) is 3.12. The summed E-state index contributed by atoms with van der Waals surface area (Å²) in [7, 11) is 1.34. The lowest BCUT2D eigenvalue weighted by molar-refractivity contribution is -0.120. The number of anilines is 2. The molecule has 0 unspecified atom stereocenters. The molecule has 2 aromatic heterocycles. The molecule has 7 nitrogen and oxygen atoms in total. The van der Waals surface area contributed by atoms with Crippen molar-refractivity contribution in [2.24, 2.45) is 5.92 Å². The molecule has 1 fully saturated rings. The minimum absolute atomic E-state index is 0.0212. The molecular formula is C22H24N4O3S. The maximum absolute atomic E-state index is 12.8. The molecule has 1 aliphatic heterocycles. The van der Waals surface area contributed by atoms with Gasteiger partial charge in [-0.25, -0.2) is 14.8 Å². The number of esters is 1. The molecule has 1 N–H and O–H groups in total. The van der Waals surface area contributed by atoms with Crippen LogP contribution in [-0.2, 0) is 9.53 Å². The van der Waals surface area contributed by atoms with Crippen LogP contribution in [0.4, 0.5) is 11.5 Å². The molecule has 1 aromatic carbocycles. The molecule has 4 rings (SSSR count). The highest BCUT2D eigenvalue weighted by molar-refractivity contribution is 7.18. The van der Waals surface area contributed by atoms with E-state index < -0.39 is 5.97 Å². The first-order chi connectivity index (χ1) is 14.5. The Hall–Kier alpha value is -3.00. The molecule has 156 valence electrons. The van der Waals surface area contributed by atoms with E-state index in [0.717, 1.165) is 42.0 Å². The summed E-state index contributed by atoms with van der Waals surface area (Å²) in [4.78, 5) is 38.0. The molecule has 0 radical (unpaired) electrons. The van der Waals surface area contributed by atoms with Gasteiger partial charge in [0.1, 0.15) is 17.0 Å². The number of nitrogens with one attached hydrogen (secondary N) is 1. The number of amides is 1. The van der Waals surface area contributed by atoms with Crippen LogP contribution in [-0.4, -0.2) is 42.0 Å². The van der Waals surface area contributed by atoms with E-state index in [4.69, 9.17) is 4.74 Å². The lowest BCUT2D eigenvalue weighted by Crippen LogP contribution is -2.38. The summed E-state index contributed by atoms with van der Waals surface area (Å²) < 4.78 is 4.74. The molecule has 0 spiro atoms. The topological polar surface area (TPSA) is 84.4 Å². The first-order valence-corrected chi connectivity index (χ1v) is 10.7. The number of carbonyl (C=O) groups is 2. The summed E-state index contributed by atoms with van der Waals surface area (Å²) in [6.45, 7) is 5.75. The molecule has 3 aromatic rings. The Morgan fingerprint density at radius 1 is 1.20 bits per heavy atom. The van der Waals surface area contributed by atoms with Crippen LogP contribution >= 0.6 is 11.3 Å². The number of hydrogen-bond donors (Lipinski definition) is 1. The smallest absolute Gasteiger partial charge is 0.337 e. The van der Waals surface area contributed by atoms with Crippen molar-refractivity contribution in [3.63, 3.8) is 0 Å². The molecule has 0 atom stereocenters. The third kappa shape index (κ3) is 3.87. The summed E-state index contributed by atoms with van der Waals surface area (Å²) in [5, 5.41) is 4.07. The number of fused-ring (bicyclic) bond motifs is 1. The SMILES string of the molecule is COC(=O)c1cccc(NC(=O)C2CCN(c3ncnc4sc(C)c(C)c34)CC2)c1. The molecule has 1 aliphatic rings. The second-order valence-electron chi connectivity index (χ2n) is 7.48. The maximum Gasteiger partial charge on any atom is 0.337 e. The monoisotopic (exact) mass is 424 g/mol. The van der Waals surface area contributed by atoms with E-state index in [-0.39, 0.29) is 11.8 Å². The average Bonchev–Trinajstić information content (AvgIpc) is 3.07. The van der Waals surface area contributed by atoms with Crippen LogP contribution in [0.5, 0.6) is 0 Å². The Bertz CT molecular complexity index is 1100. The van der Waals surface area contributed by atoms with Gasteiger partial charge in [-0.3, -0.25) is 4.79 Å². The fourth-order valence-electron chi connectivity index (χ4n) is 3.84. The van der Waals surface area contributed by atoms with Gasteiger partial charge in [-0.15, -0.1) is 11.3 Å². The van der Waals surface area contributed by atoms with E-state index in [0.29, 0.717) is 11.3 Å². The quantitative estimate of drug-likeness (QED) is 0.639. The molecule has 0 bridgehead atoms. The molecule has 1 saturated heterocycles. The summed E-state index contributed by atoms with van der Waals surface area (Å²) >= 11 is 1.69. The van der Waals surface area contributed by atoms with Gasteiger partial charge in [0.2, 0.25) is 5.91 Å². The summed E-state index contributed by atoms with van der Waals surface area (Å²) in [5.41, 5.74) is 2.25. The van der Waals surface area contributed by atoms with Crippen molar-refractivity contribution in [2.45, 2.75) is 26.7 Å². The number of rotatable bonds is 4. The Morgan fingerprint density at radius 2 is 1.97 bits per heavy atom. The highest BCUT2D eigenvalue weighted by atomic mass is 32.1. The Kier molecular flexibility index (Phi) is 5.67. The van der Waals surface area contributed by atoms with Gasteiger partial charge in [-0.2, -0.15) is 0 Å². The highest BCUT2D eigenvalue weighted by Crippen LogP contribution is 2.35. The minimum atomic E-state index is -0.422. The van der Waals surface area contributed by atoms with Crippen molar-refractivity contribution in [3.05, 3.63) is 46.6 Å². The van der Waals surface area contributed by atoms with E-state index in [1.54, 1.807) is 41.9 Å². The van der Waals surface area contributed by atoms with Crippen LogP contribution in [0.2, 0.25) is 0 Å². The number of aromatic nitrogens is 2. The normalized spacial score (nSPS) is 14.7. The van der Waals surface area contributed by atoms with E-state index in [9.17, 15) is 9.59 Å². The van der Waals surface area contributed by atoms with Crippen LogP contribution in [0.25, 0.3) is 10.2 Å². The van der Waals surface area contributed by atoms with E-state index in [1.807, 2.05) is 0 Å². The van der Waals surface area contributed by atoms with Crippen LogP contribution in [0.3, 0.4) is 0 Å². The number of benzene rings is 1. The largest absolute Gasteiger partial charge is 0.465 e. The number of aryl methyl sites for hydroxylation is 2. The zero-order valence-electron chi connectivity index (χ0n) is 17.3. The number of thiophene rings is 1. The van der Waals surface area contributed by atoms with Crippen molar-refractivity contribution >= 4 is 44.9 Å². The fraction of sp³-hybridized carbons (Fsp3) is 0.364. The van der Waals surface area contributed by atoms with Crippen molar-refractivity contribution in [3.8, 4) is 0 Å². The first kappa shape index (κ1) is 20.3. The lowest BCUT2D eigenvalue weighted by Gasteiger charge is -2.32. The van der Waals surface area contributed by atoms with Gasteiger partial charge in [-0.1, -0.05) is 6.07 Å². The number of nitrogens with zero attached hydrogens (tertiary/aromatic N) is 3. The predicted octanol–water partition coefficient (Wildman–Crippen LogP) is 3.95. The predicted molar refractivity (Wildman–Crippen MR) is 118 cm³/mol. The highest BCUT2D eigenvalue weighted by Gasteiger charge is 2.27. The van der Waals surface area contributed by atoms with Gasteiger partial charge in [0, 0.05) is 29.6 Å². The summed E-state index contributed by atoms with van der Waals surface area (Å²) in [6, 6.07) is 6.81. The number of ether oxygens (including phenoxy) is 1. The van der Waals surface area contributed by atoms with Crippen molar-refractivity contribution in [1.29, 1.82) is 0 Å². The number of methoxy groups -OCH3 is 1. The third-order valence-corrected chi connectivity index (χ3v) is 6.78. The lowest BCUT2D eigenvalue weighted by atomic mass is 9.95. The number of carbonyl (C=O) groups excluding carboxylic acids is 2. The van der Waals surface area contributed by atoms with Crippen molar-refractivity contribution in [2.75, 3.05) is 30.4 Å². The minimum Gasteiger partial charge on any atom is -0.465 e. The molecule has 0 aliphatic carbocycles. The van der Waals surface area contributed by atoms with Crippen molar-refractivity contribution in [1.82, 2.24) is 9.97 Å². The van der Waals surface area contributed by atoms with Crippen LogP contribution < -0.4 is 10.2 Å². The standard InChI is InChI=1S/C22H24N4O3S/c1-13-14(2)30-21-18(13)19(23-12-24-21)26-9-7-15(8-10-26)20(27)25-17-6-4-5-16(11-17)22(28)29-3/h4-6,11-12,15H,7-10H2,1-3H3,(H,25,27). The Morgan fingerprint density at radius 3 is 2.70 bits per heavy atom. The van der Waals surface area contributed by atoms with Gasteiger partial charge in [0.25, 0.3) is 0 Å². The molecule has 0 saturated carbocycles. The second kappa shape index (κ2) is 8.39. The fourth-order valence-corrected chi connectivity index (χ4v) is 4.83. The second-order valence-corrected chi connectivity index (χ2v) is 8.69. The Labute approximate surface area is 179 Å². The van der Waals surface area contributed by atoms with Crippen LogP contribution in [0.1, 0.15) is 33.6 Å². The van der Waals surface area contributed by atoms with Gasteiger partial charge < -0.3 is 15.0 Å². The zero-order chi connectivity index (χ0) is 21.3. The van der Waals surface area contributed by atoms with Crippen LogP contribution in [0, 0.1) is 19.8 Å². The van der Waals surface area contributed by atoms with Crippen LogP contribution in [0.15, 0.2) is 30.6 Å². The molecule has 1 amide bonds. The molecule has 30 heavy (non-hydrogen) atoms. The molecular weight excluding hydrogens is 400 g/mol. The van der Waals surface area contributed by atoms with E-state index in [2.05, 4.69) is 34.0 Å². The van der Waals surface area contributed by atoms with Gasteiger partial charge >= 0.3 is 5.97 Å². The molecule has 8 heteroatoms. The van der Waals surface area contributed by atoms with Gasteiger partial charge in [0.15, 0.2) is 0 Å². The van der Waals surface area contributed by atoms with Crippen molar-refractivity contribution < 1.29 is 14.3 Å². The number of piperidine rings is 1. The van der Waals surface area contributed by atoms with E-state index in [1.165, 1.54) is 17.6 Å². The van der Waals surface area contributed by atoms with E-state index >= 15 is 0 Å². The first-order valence-electron chi connectivity index (χ1n) is 9.93. The third-order valence-electron chi connectivity index (χ3n) is 5.66. The van der Waals surface area contributed by atoms with Gasteiger partial charge in [0.05, 0.1) is 18.1 Å². The maximum atomic E-state index is 12.8. The average molecular weight is 425 g/mol. The Balaban J connectivity index is 1.43. The van der Waals surface area contributed by atoms with Gasteiger partial charge in [-0.05, 0) is 50.5 Å².